The van der Waals surface area contributed by atoms with Crippen LogP contribution < -0.4 is 11.2 Å². The molecular weight excluding hydrogens is 354 g/mol. The Hall–Kier alpha value is -1.48. The number of thiophene rings is 1. The molecular formula is C18H27N3O4S. The van der Waals surface area contributed by atoms with Gasteiger partial charge >= 0.3 is 5.69 Å². The lowest BCUT2D eigenvalue weighted by Gasteiger charge is -2.29. The summed E-state index contributed by atoms with van der Waals surface area (Å²) in [5.74, 6) is 0. The van der Waals surface area contributed by atoms with Gasteiger partial charge in [-0.1, -0.05) is 0 Å². The first-order chi connectivity index (χ1) is 12.2. The molecule has 2 aromatic heterocycles. The minimum absolute atomic E-state index is 0.0196. The SMILES string of the molecule is CN(C)CCCn1c(=O)n(CCO)c(=O)c2c3c(sc21)COC(C)(C)C3. The van der Waals surface area contributed by atoms with Gasteiger partial charge in [-0.15, -0.1) is 11.3 Å². The van der Waals surface area contributed by atoms with Gasteiger partial charge < -0.3 is 14.7 Å². The van der Waals surface area contributed by atoms with E-state index >= 15 is 0 Å². The molecule has 0 aliphatic carbocycles. The summed E-state index contributed by atoms with van der Waals surface area (Å²) in [6.45, 7) is 5.67. The first-order valence-electron chi connectivity index (χ1n) is 8.92. The van der Waals surface area contributed by atoms with Gasteiger partial charge in [0.2, 0.25) is 0 Å². The van der Waals surface area contributed by atoms with Crippen LogP contribution in [-0.2, 0) is 30.9 Å². The molecule has 0 atom stereocenters. The molecule has 0 saturated heterocycles. The van der Waals surface area contributed by atoms with E-state index in [0.29, 0.717) is 25.0 Å². The smallest absolute Gasteiger partial charge is 0.332 e. The molecule has 26 heavy (non-hydrogen) atoms. The van der Waals surface area contributed by atoms with E-state index < -0.39 is 0 Å². The number of hydrogen-bond donors (Lipinski definition) is 1. The van der Waals surface area contributed by atoms with Crippen LogP contribution in [0.3, 0.4) is 0 Å². The number of aryl methyl sites for hydroxylation is 1. The predicted octanol–water partition coefficient (Wildman–Crippen LogP) is 1.02. The van der Waals surface area contributed by atoms with E-state index in [1.54, 1.807) is 4.57 Å². The zero-order chi connectivity index (χ0) is 19.1. The van der Waals surface area contributed by atoms with Crippen molar-refractivity contribution in [2.45, 2.75) is 52.0 Å². The van der Waals surface area contributed by atoms with Gasteiger partial charge in [0.1, 0.15) is 4.83 Å². The van der Waals surface area contributed by atoms with Gasteiger partial charge in [-0.25, -0.2) is 4.79 Å². The average Bonchev–Trinajstić information content (AvgIpc) is 2.91. The lowest BCUT2D eigenvalue weighted by atomic mass is 9.94. The minimum atomic E-state index is -0.339. The predicted molar refractivity (Wildman–Crippen MR) is 103 cm³/mol. The number of rotatable bonds is 6. The number of aliphatic hydroxyl groups is 1. The van der Waals surface area contributed by atoms with Gasteiger partial charge in [0, 0.05) is 17.8 Å². The maximum Gasteiger partial charge on any atom is 0.332 e. The van der Waals surface area contributed by atoms with E-state index in [0.717, 1.165) is 28.2 Å². The fraction of sp³-hybridized carbons (Fsp3) is 0.667. The first kappa shape index (κ1) is 19.3. The molecule has 0 saturated carbocycles. The highest BCUT2D eigenvalue weighted by molar-refractivity contribution is 7.18. The van der Waals surface area contributed by atoms with Gasteiger partial charge in [-0.2, -0.15) is 0 Å². The normalized spacial score (nSPS) is 16.4. The highest BCUT2D eigenvalue weighted by atomic mass is 32.1. The summed E-state index contributed by atoms with van der Waals surface area (Å²) in [6.07, 6.45) is 1.45. The van der Waals surface area contributed by atoms with Crippen molar-refractivity contribution >= 4 is 21.6 Å². The molecule has 0 unspecified atom stereocenters. The Morgan fingerprint density at radius 2 is 1.96 bits per heavy atom. The Bertz CT molecular complexity index is 923. The van der Waals surface area contributed by atoms with Crippen molar-refractivity contribution in [3.05, 3.63) is 31.3 Å². The molecule has 1 aliphatic heterocycles. The summed E-state index contributed by atoms with van der Waals surface area (Å²) >= 11 is 1.49. The molecule has 8 heteroatoms. The van der Waals surface area contributed by atoms with Crippen molar-refractivity contribution in [1.29, 1.82) is 0 Å². The summed E-state index contributed by atoms with van der Waals surface area (Å²) in [4.78, 5) is 29.7. The lowest BCUT2D eigenvalue weighted by molar-refractivity contribution is -0.0379. The molecule has 0 spiro atoms. The average molecular weight is 381 g/mol. The number of nitrogens with zero attached hydrogens (tertiary/aromatic N) is 3. The van der Waals surface area contributed by atoms with Crippen LogP contribution in [0, 0.1) is 0 Å². The zero-order valence-corrected chi connectivity index (χ0v) is 16.7. The Labute approximate surface area is 156 Å². The molecule has 3 heterocycles. The van der Waals surface area contributed by atoms with Crippen molar-refractivity contribution in [3.63, 3.8) is 0 Å². The standard InChI is InChI=1S/C18H27N3O4S/c1-18(2)10-12-13(11-25-18)26-16-14(12)15(23)20(8-9-22)17(24)21(16)7-5-6-19(3)4/h22H,5-11H2,1-4H3. The Kier molecular flexibility index (Phi) is 5.39. The van der Waals surface area contributed by atoms with E-state index in [-0.39, 0.29) is 30.0 Å². The molecule has 0 amide bonds. The van der Waals surface area contributed by atoms with E-state index in [4.69, 9.17) is 4.74 Å². The zero-order valence-electron chi connectivity index (χ0n) is 15.9. The number of aliphatic hydroxyl groups excluding tert-OH is 1. The Morgan fingerprint density at radius 1 is 1.23 bits per heavy atom. The van der Waals surface area contributed by atoms with Crippen LogP contribution in [0.1, 0.15) is 30.7 Å². The molecule has 1 aliphatic rings. The monoisotopic (exact) mass is 381 g/mol. The molecule has 0 radical (unpaired) electrons. The summed E-state index contributed by atoms with van der Waals surface area (Å²) in [6, 6.07) is 0. The molecule has 7 nitrogen and oxygen atoms in total. The van der Waals surface area contributed by atoms with E-state index in [1.807, 2.05) is 27.9 Å². The molecule has 3 rings (SSSR count). The van der Waals surface area contributed by atoms with Gasteiger partial charge in [-0.05, 0) is 46.5 Å². The van der Waals surface area contributed by atoms with Crippen LogP contribution in [0.25, 0.3) is 10.2 Å². The fourth-order valence-corrected chi connectivity index (χ4v) is 4.68. The van der Waals surface area contributed by atoms with Crippen LogP contribution in [0.2, 0.25) is 0 Å². The van der Waals surface area contributed by atoms with Crippen molar-refractivity contribution < 1.29 is 9.84 Å². The highest BCUT2D eigenvalue weighted by Crippen LogP contribution is 2.37. The second-order valence-corrected chi connectivity index (χ2v) is 8.76. The molecule has 0 fully saturated rings. The fourth-order valence-electron chi connectivity index (χ4n) is 3.44. The third kappa shape index (κ3) is 3.51. The quantitative estimate of drug-likeness (QED) is 0.809. The first-order valence-corrected chi connectivity index (χ1v) is 9.74. The second kappa shape index (κ2) is 7.26. The molecule has 2 aromatic rings. The van der Waals surface area contributed by atoms with Crippen molar-refractivity contribution in [2.24, 2.45) is 0 Å². The van der Waals surface area contributed by atoms with Gasteiger partial charge in [0.15, 0.2) is 0 Å². The molecule has 0 bridgehead atoms. The number of ether oxygens (including phenoxy) is 1. The third-order valence-electron chi connectivity index (χ3n) is 4.75. The third-order valence-corrected chi connectivity index (χ3v) is 5.97. The highest BCUT2D eigenvalue weighted by Gasteiger charge is 2.31. The van der Waals surface area contributed by atoms with Crippen LogP contribution in [-0.4, -0.2) is 52.0 Å². The van der Waals surface area contributed by atoms with Crippen LogP contribution in [0.4, 0.5) is 0 Å². The van der Waals surface area contributed by atoms with Crippen LogP contribution in [0.15, 0.2) is 9.59 Å². The summed E-state index contributed by atoms with van der Waals surface area (Å²) in [7, 11) is 3.99. The summed E-state index contributed by atoms with van der Waals surface area (Å²) in [5.41, 5.74) is 0.0349. The largest absolute Gasteiger partial charge is 0.395 e. The molecule has 144 valence electrons. The Morgan fingerprint density at radius 3 is 2.62 bits per heavy atom. The van der Waals surface area contributed by atoms with Gasteiger partial charge in [0.05, 0.1) is 30.7 Å². The van der Waals surface area contributed by atoms with Crippen LogP contribution >= 0.6 is 11.3 Å². The Balaban J connectivity index is 2.20. The lowest BCUT2D eigenvalue weighted by Crippen LogP contribution is -2.41. The summed E-state index contributed by atoms with van der Waals surface area (Å²) in [5, 5.41) is 9.94. The minimum Gasteiger partial charge on any atom is -0.395 e. The maximum atomic E-state index is 13.0. The van der Waals surface area contributed by atoms with Crippen molar-refractivity contribution in [1.82, 2.24) is 14.0 Å². The second-order valence-electron chi connectivity index (χ2n) is 7.68. The summed E-state index contributed by atoms with van der Waals surface area (Å²) < 4.78 is 8.76. The van der Waals surface area contributed by atoms with Gasteiger partial charge in [0.25, 0.3) is 5.56 Å². The van der Waals surface area contributed by atoms with Crippen molar-refractivity contribution in [2.75, 3.05) is 27.2 Å². The number of hydrogen-bond acceptors (Lipinski definition) is 6. The van der Waals surface area contributed by atoms with Crippen LogP contribution in [0.5, 0.6) is 0 Å². The topological polar surface area (TPSA) is 76.7 Å². The maximum absolute atomic E-state index is 13.0. The van der Waals surface area contributed by atoms with Gasteiger partial charge in [-0.3, -0.25) is 13.9 Å². The molecule has 0 aromatic carbocycles. The van der Waals surface area contributed by atoms with E-state index in [9.17, 15) is 14.7 Å². The van der Waals surface area contributed by atoms with E-state index in [2.05, 4.69) is 4.90 Å². The van der Waals surface area contributed by atoms with Crippen molar-refractivity contribution in [3.8, 4) is 0 Å². The number of aromatic nitrogens is 2. The molecule has 1 N–H and O–H groups in total. The number of fused-ring (bicyclic) bond motifs is 3. The van der Waals surface area contributed by atoms with E-state index in [1.165, 1.54) is 15.9 Å².